The second-order valence-corrected chi connectivity index (χ2v) is 11.4. The number of carboxylic acids is 1. The van der Waals surface area contributed by atoms with Gasteiger partial charge in [-0.3, -0.25) is 9.59 Å². The minimum atomic E-state index is -0.752. The minimum Gasteiger partial charge on any atom is -0.481 e. The molecule has 0 spiro atoms. The molecule has 5 rings (SSSR count). The van der Waals surface area contributed by atoms with Gasteiger partial charge in [-0.25, -0.2) is 0 Å². The van der Waals surface area contributed by atoms with Crippen molar-refractivity contribution in [3.63, 3.8) is 0 Å². The molecule has 2 atom stereocenters. The van der Waals surface area contributed by atoms with Crippen LogP contribution in [0.15, 0.2) is 78.4 Å². The van der Waals surface area contributed by atoms with Gasteiger partial charge in [-0.2, -0.15) is 0 Å². The molecule has 196 valence electrons. The summed E-state index contributed by atoms with van der Waals surface area (Å²) in [6.45, 7) is 4.51. The Morgan fingerprint density at radius 1 is 0.921 bits per heavy atom. The fraction of sp³-hybridized carbons (Fsp3) is 0.353. The van der Waals surface area contributed by atoms with Crippen molar-refractivity contribution >= 4 is 23.1 Å². The van der Waals surface area contributed by atoms with E-state index in [0.29, 0.717) is 11.5 Å². The third kappa shape index (κ3) is 6.07. The summed E-state index contributed by atoms with van der Waals surface area (Å²) >= 11 is 0. The van der Waals surface area contributed by atoms with Gasteiger partial charge in [-0.15, -0.1) is 0 Å². The van der Waals surface area contributed by atoms with Crippen LogP contribution >= 0.6 is 0 Å². The predicted molar refractivity (Wildman–Crippen MR) is 153 cm³/mol. The van der Waals surface area contributed by atoms with E-state index >= 15 is 0 Å². The highest BCUT2D eigenvalue weighted by Gasteiger charge is 2.33. The number of allylic oxidation sites excluding steroid dienone is 2. The fourth-order valence-electron chi connectivity index (χ4n) is 5.83. The quantitative estimate of drug-likeness (QED) is 0.293. The molecule has 1 amide bonds. The Morgan fingerprint density at radius 2 is 1.66 bits per heavy atom. The van der Waals surface area contributed by atoms with Gasteiger partial charge in [0.2, 0.25) is 0 Å². The van der Waals surface area contributed by atoms with E-state index in [0.717, 1.165) is 49.8 Å². The van der Waals surface area contributed by atoms with Gasteiger partial charge < -0.3 is 10.4 Å². The first-order chi connectivity index (χ1) is 18.4. The Kier molecular flexibility index (Phi) is 7.78. The predicted octanol–water partition coefficient (Wildman–Crippen LogP) is 7.90. The maximum absolute atomic E-state index is 13.0. The van der Waals surface area contributed by atoms with E-state index in [1.165, 1.54) is 27.8 Å². The molecule has 2 aliphatic rings. The summed E-state index contributed by atoms with van der Waals surface area (Å²) in [4.78, 5) is 24.1. The number of hydrogen-bond donors (Lipinski definition) is 2. The monoisotopic (exact) mass is 507 g/mol. The first-order valence-corrected chi connectivity index (χ1v) is 13.9. The zero-order chi connectivity index (χ0) is 26.6. The van der Waals surface area contributed by atoms with E-state index in [-0.39, 0.29) is 24.2 Å². The van der Waals surface area contributed by atoms with Crippen molar-refractivity contribution in [1.82, 2.24) is 0 Å². The van der Waals surface area contributed by atoms with E-state index < -0.39 is 5.97 Å². The van der Waals surface area contributed by atoms with Crippen LogP contribution in [0.25, 0.3) is 5.57 Å². The highest BCUT2D eigenvalue weighted by Crippen LogP contribution is 2.44. The second-order valence-electron chi connectivity index (χ2n) is 11.4. The van der Waals surface area contributed by atoms with Crippen LogP contribution in [0.3, 0.4) is 0 Å². The van der Waals surface area contributed by atoms with Gasteiger partial charge in [0.25, 0.3) is 5.91 Å². The van der Waals surface area contributed by atoms with Crippen LogP contribution in [0, 0.1) is 11.8 Å². The lowest BCUT2D eigenvalue weighted by atomic mass is 9.68. The summed E-state index contributed by atoms with van der Waals surface area (Å²) in [5, 5.41) is 12.2. The standard InChI is InChI=1S/C34H37NO3/c1-22(2)18-23-6-8-24(9-7-23)19-27-12-16-31(27)25-10-14-30(15-11-25)35-34(38)29-5-3-4-26(20-29)32-17-13-28(32)21-33(36)37/h3-11,14-15,20,22,28,32H,12-13,16-19,21H2,1-2H3,(H,35,38)(H,36,37). The van der Waals surface area contributed by atoms with E-state index in [9.17, 15) is 9.59 Å². The van der Waals surface area contributed by atoms with Crippen molar-refractivity contribution in [2.75, 3.05) is 5.32 Å². The smallest absolute Gasteiger partial charge is 0.303 e. The van der Waals surface area contributed by atoms with Gasteiger partial charge in [0, 0.05) is 17.7 Å². The zero-order valence-electron chi connectivity index (χ0n) is 22.4. The van der Waals surface area contributed by atoms with Crippen molar-refractivity contribution in [1.29, 1.82) is 0 Å². The summed E-state index contributed by atoms with van der Waals surface area (Å²) in [6.07, 6.45) is 6.47. The van der Waals surface area contributed by atoms with Crippen molar-refractivity contribution < 1.29 is 14.7 Å². The normalized spacial score (nSPS) is 18.6. The Morgan fingerprint density at radius 3 is 2.26 bits per heavy atom. The lowest BCUT2D eigenvalue weighted by Gasteiger charge is -2.36. The van der Waals surface area contributed by atoms with E-state index in [4.69, 9.17) is 5.11 Å². The topological polar surface area (TPSA) is 66.4 Å². The Hall–Kier alpha value is -3.66. The van der Waals surface area contributed by atoms with Crippen molar-refractivity contribution in [3.05, 3.63) is 106 Å². The maximum atomic E-state index is 13.0. The Labute approximate surface area is 225 Å². The molecule has 0 heterocycles. The van der Waals surface area contributed by atoms with Crippen LogP contribution in [0.5, 0.6) is 0 Å². The maximum Gasteiger partial charge on any atom is 0.303 e. The lowest BCUT2D eigenvalue weighted by Crippen LogP contribution is -2.26. The third-order valence-corrected chi connectivity index (χ3v) is 8.11. The van der Waals surface area contributed by atoms with Gasteiger partial charge in [-0.1, -0.05) is 68.0 Å². The molecule has 2 aliphatic carbocycles. The molecule has 2 N–H and O–H groups in total. The highest BCUT2D eigenvalue weighted by molar-refractivity contribution is 6.04. The molecule has 0 aromatic heterocycles. The number of nitrogens with one attached hydrogen (secondary N) is 1. The van der Waals surface area contributed by atoms with Crippen molar-refractivity contribution in [2.24, 2.45) is 11.8 Å². The molecular weight excluding hydrogens is 470 g/mol. The number of anilines is 1. The SMILES string of the molecule is CC(C)Cc1ccc(CC2=C(c3ccc(NC(=O)c4cccc(C5CCC5CC(=O)O)c4)cc3)CC2)cc1. The number of carbonyl (C=O) groups is 2. The van der Waals surface area contributed by atoms with Gasteiger partial charge in [-0.05, 0) is 108 Å². The Balaban J connectivity index is 1.21. The fourth-order valence-corrected chi connectivity index (χ4v) is 5.83. The van der Waals surface area contributed by atoms with Gasteiger partial charge in [0.05, 0.1) is 0 Å². The largest absolute Gasteiger partial charge is 0.481 e. The molecule has 3 aromatic rings. The molecule has 4 heteroatoms. The number of hydrogen-bond acceptors (Lipinski definition) is 2. The number of rotatable bonds is 10. The molecule has 2 unspecified atom stereocenters. The second kappa shape index (κ2) is 11.4. The molecule has 38 heavy (non-hydrogen) atoms. The number of carbonyl (C=O) groups excluding carboxylic acids is 1. The van der Waals surface area contributed by atoms with Crippen LogP contribution in [-0.2, 0) is 17.6 Å². The number of benzene rings is 3. The third-order valence-electron chi connectivity index (χ3n) is 8.11. The van der Waals surface area contributed by atoms with E-state index in [1.54, 1.807) is 0 Å². The first-order valence-electron chi connectivity index (χ1n) is 13.9. The highest BCUT2D eigenvalue weighted by atomic mass is 16.4. The van der Waals surface area contributed by atoms with Gasteiger partial charge in [0.1, 0.15) is 0 Å². The summed E-state index contributed by atoms with van der Waals surface area (Å²) in [5.41, 5.74) is 9.38. The number of amides is 1. The molecule has 0 bridgehead atoms. The first kappa shape index (κ1) is 26.0. The summed E-state index contributed by atoms with van der Waals surface area (Å²) in [6, 6.07) is 24.9. The molecule has 4 nitrogen and oxygen atoms in total. The zero-order valence-corrected chi connectivity index (χ0v) is 22.4. The molecule has 1 fully saturated rings. The molecule has 0 aliphatic heterocycles. The number of carboxylic acid groups (broad SMARTS) is 1. The van der Waals surface area contributed by atoms with Crippen molar-refractivity contribution in [2.45, 2.75) is 64.7 Å². The molecule has 0 radical (unpaired) electrons. The average Bonchev–Trinajstić information content (AvgIpc) is 2.86. The van der Waals surface area contributed by atoms with E-state index in [1.807, 2.05) is 36.4 Å². The van der Waals surface area contributed by atoms with Crippen LogP contribution in [0.2, 0.25) is 0 Å². The average molecular weight is 508 g/mol. The Bertz CT molecular complexity index is 1330. The van der Waals surface area contributed by atoms with Crippen LogP contribution in [0.1, 0.15) is 84.5 Å². The van der Waals surface area contributed by atoms with Crippen LogP contribution in [-0.4, -0.2) is 17.0 Å². The number of aliphatic carboxylic acids is 1. The lowest BCUT2D eigenvalue weighted by molar-refractivity contribution is -0.139. The molecule has 3 aromatic carbocycles. The molecule has 1 saturated carbocycles. The summed E-state index contributed by atoms with van der Waals surface area (Å²) in [7, 11) is 0. The molecular formula is C34H37NO3. The van der Waals surface area contributed by atoms with Crippen LogP contribution in [0.4, 0.5) is 5.69 Å². The molecule has 0 saturated heterocycles. The summed E-state index contributed by atoms with van der Waals surface area (Å²) < 4.78 is 0. The van der Waals surface area contributed by atoms with E-state index in [2.05, 4.69) is 55.6 Å². The van der Waals surface area contributed by atoms with Gasteiger partial charge >= 0.3 is 5.97 Å². The summed E-state index contributed by atoms with van der Waals surface area (Å²) in [5.74, 6) is 0.162. The van der Waals surface area contributed by atoms with Crippen LogP contribution < -0.4 is 5.32 Å². The van der Waals surface area contributed by atoms with Gasteiger partial charge in [0.15, 0.2) is 0 Å². The van der Waals surface area contributed by atoms with Crippen molar-refractivity contribution in [3.8, 4) is 0 Å². The minimum absolute atomic E-state index is 0.141.